The number of nitrogens with zero attached hydrogens (tertiary/aromatic N) is 1. The van der Waals surface area contributed by atoms with Gasteiger partial charge in [0.1, 0.15) is 17.2 Å². The molecule has 123 valence electrons. The first kappa shape index (κ1) is 22.7. The van der Waals surface area contributed by atoms with E-state index >= 15 is 0 Å². The molecular formula is C15H12I3NNaO4. The molecule has 2 aromatic rings. The molecule has 0 fully saturated rings. The average Bonchev–Trinajstić information content (AvgIpc) is 2.51. The van der Waals surface area contributed by atoms with E-state index in [2.05, 4.69) is 0 Å². The Balaban J connectivity index is 0.00000288. The van der Waals surface area contributed by atoms with Crippen LogP contribution in [0.5, 0.6) is 17.2 Å². The molecule has 24 heavy (non-hydrogen) atoms. The van der Waals surface area contributed by atoms with Gasteiger partial charge in [0.15, 0.2) is 3.55 Å². The first-order valence-corrected chi connectivity index (χ1v) is 9.42. The summed E-state index contributed by atoms with van der Waals surface area (Å²) in [5.41, 5.74) is 0.901. The Morgan fingerprint density at radius 1 is 1.04 bits per heavy atom. The monoisotopic (exact) mass is 674 g/mol. The van der Waals surface area contributed by atoms with Crippen molar-refractivity contribution in [3.05, 3.63) is 54.1 Å². The standard InChI is InChI=1S/C15H12I3NO4.Na/c16-15(14(21)22,19(17)18)9-10-1-5-12(6-2-10)23-13-7-3-11(20)4-8-13;/h1-8,20H,9H2,(H,21,22);/t15-;/m0./s1. The van der Waals surface area contributed by atoms with Gasteiger partial charge in [-0.1, -0.05) is 12.1 Å². The van der Waals surface area contributed by atoms with E-state index in [0.717, 1.165) is 5.56 Å². The Hall–Kier alpha value is 0.660. The number of halogens is 3. The zero-order chi connectivity index (χ0) is 17.0. The Kier molecular flexibility index (Phi) is 9.57. The topological polar surface area (TPSA) is 70.0 Å². The van der Waals surface area contributed by atoms with Crippen LogP contribution in [0.1, 0.15) is 5.56 Å². The number of aromatic hydroxyl groups is 1. The van der Waals surface area contributed by atoms with Gasteiger partial charge in [0, 0.05) is 81.7 Å². The Morgan fingerprint density at radius 3 is 1.92 bits per heavy atom. The van der Waals surface area contributed by atoms with Gasteiger partial charge in [0.25, 0.3) is 0 Å². The third-order valence-electron chi connectivity index (χ3n) is 3.03. The smallest absolute Gasteiger partial charge is 0.336 e. The zero-order valence-electron chi connectivity index (χ0n) is 12.6. The maximum atomic E-state index is 11.5. The van der Waals surface area contributed by atoms with Gasteiger partial charge in [0.05, 0.1) is 0 Å². The second-order valence-electron chi connectivity index (χ2n) is 4.71. The summed E-state index contributed by atoms with van der Waals surface area (Å²) >= 11 is 5.89. The molecule has 2 N–H and O–H groups in total. The second kappa shape index (κ2) is 10.1. The van der Waals surface area contributed by atoms with Crippen LogP contribution < -0.4 is 4.74 Å². The van der Waals surface area contributed by atoms with Gasteiger partial charge in [-0.25, -0.2) is 4.79 Å². The number of carboxylic acid groups (broad SMARTS) is 1. The zero-order valence-corrected chi connectivity index (χ0v) is 21.1. The first-order valence-electron chi connectivity index (χ1n) is 6.41. The molecule has 0 aliphatic heterocycles. The van der Waals surface area contributed by atoms with E-state index in [-0.39, 0.29) is 35.3 Å². The summed E-state index contributed by atoms with van der Waals surface area (Å²) in [6.07, 6.45) is 0.369. The number of carboxylic acids is 1. The quantitative estimate of drug-likeness (QED) is 0.155. The predicted octanol–water partition coefficient (Wildman–Crippen LogP) is 4.56. The molecule has 2 aromatic carbocycles. The van der Waals surface area contributed by atoms with Crippen LogP contribution in [0, 0.1) is 0 Å². The van der Waals surface area contributed by atoms with E-state index in [1.165, 1.54) is 0 Å². The maximum absolute atomic E-state index is 11.5. The molecule has 0 bridgehead atoms. The van der Waals surface area contributed by atoms with Crippen molar-refractivity contribution in [3.63, 3.8) is 0 Å². The van der Waals surface area contributed by atoms with Crippen LogP contribution in [0.3, 0.4) is 0 Å². The van der Waals surface area contributed by atoms with Crippen LogP contribution >= 0.6 is 68.3 Å². The molecule has 2 rings (SSSR count). The van der Waals surface area contributed by atoms with Gasteiger partial charge < -0.3 is 14.9 Å². The summed E-state index contributed by atoms with van der Waals surface area (Å²) in [4.78, 5) is 11.5. The summed E-state index contributed by atoms with van der Waals surface area (Å²) in [6.45, 7) is 0. The van der Waals surface area contributed by atoms with Crippen molar-refractivity contribution < 1.29 is 19.7 Å². The summed E-state index contributed by atoms with van der Waals surface area (Å²) in [6, 6.07) is 13.7. The molecular weight excluding hydrogens is 662 g/mol. The Morgan fingerprint density at radius 2 is 1.50 bits per heavy atom. The number of phenols is 1. The molecule has 9 heteroatoms. The first-order chi connectivity index (χ1) is 10.8. The number of phenolic OH excluding ortho intramolecular Hbond substituents is 1. The summed E-state index contributed by atoms with van der Waals surface area (Å²) in [7, 11) is 0. The molecule has 0 spiro atoms. The fourth-order valence-electron chi connectivity index (χ4n) is 1.80. The normalized spacial score (nSPS) is 13.0. The number of ether oxygens (including phenoxy) is 1. The van der Waals surface area contributed by atoms with Crippen molar-refractivity contribution in [1.82, 2.24) is 1.33 Å². The van der Waals surface area contributed by atoms with E-state index in [0.29, 0.717) is 17.9 Å². The number of aliphatic carboxylic acids is 1. The van der Waals surface area contributed by atoms with Gasteiger partial charge >= 0.3 is 5.97 Å². The molecule has 5 nitrogen and oxygen atoms in total. The Labute approximate surface area is 203 Å². The summed E-state index contributed by atoms with van der Waals surface area (Å²) in [5, 5.41) is 18.7. The minimum atomic E-state index is -1.02. The van der Waals surface area contributed by atoms with E-state index in [9.17, 15) is 15.0 Å². The molecule has 0 saturated heterocycles. The number of alkyl halides is 1. The number of hydrogen-bond acceptors (Lipinski definition) is 4. The van der Waals surface area contributed by atoms with Gasteiger partial charge in [-0.3, -0.25) is 0 Å². The second-order valence-corrected chi connectivity index (χ2v) is 10.3. The van der Waals surface area contributed by atoms with Crippen molar-refractivity contribution in [2.24, 2.45) is 0 Å². The van der Waals surface area contributed by atoms with E-state index in [4.69, 9.17) is 4.74 Å². The number of rotatable bonds is 6. The number of carbonyl (C=O) groups is 1. The van der Waals surface area contributed by atoms with Gasteiger partial charge in [0.2, 0.25) is 0 Å². The van der Waals surface area contributed by atoms with Crippen LogP contribution in [0.15, 0.2) is 48.5 Å². The van der Waals surface area contributed by atoms with Crippen molar-refractivity contribution in [3.8, 4) is 17.2 Å². The summed E-state index contributed by atoms with van der Waals surface area (Å²) < 4.78 is 6.29. The van der Waals surface area contributed by atoms with Crippen molar-refractivity contribution in [2.75, 3.05) is 0 Å². The third kappa shape index (κ3) is 6.13. The molecule has 1 radical (unpaired) electrons. The minimum Gasteiger partial charge on any atom is -0.508 e. The van der Waals surface area contributed by atoms with Crippen LogP contribution in [0.25, 0.3) is 0 Å². The molecule has 0 aliphatic carbocycles. The molecule has 0 heterocycles. The molecule has 0 saturated carbocycles. The maximum Gasteiger partial charge on any atom is 0.336 e. The van der Waals surface area contributed by atoms with Crippen molar-refractivity contribution in [1.29, 1.82) is 0 Å². The van der Waals surface area contributed by atoms with Gasteiger partial charge in [-0.05, 0) is 64.6 Å². The molecule has 0 aliphatic rings. The number of hydrogen-bond donors (Lipinski definition) is 2. The van der Waals surface area contributed by atoms with Crippen molar-refractivity contribution >= 4 is 104 Å². The van der Waals surface area contributed by atoms with E-state index < -0.39 is 9.51 Å². The molecule has 0 amide bonds. The average molecular weight is 674 g/mol. The minimum absolute atomic E-state index is 0. The van der Waals surface area contributed by atoms with E-state index in [1.807, 2.05) is 80.5 Å². The third-order valence-corrected chi connectivity index (χ3v) is 7.85. The van der Waals surface area contributed by atoms with Gasteiger partial charge in [-0.2, -0.15) is 1.33 Å². The molecule has 0 aromatic heterocycles. The predicted molar refractivity (Wildman–Crippen MR) is 118 cm³/mol. The largest absolute Gasteiger partial charge is 0.508 e. The van der Waals surface area contributed by atoms with Crippen molar-refractivity contribution in [2.45, 2.75) is 9.97 Å². The van der Waals surface area contributed by atoms with Crippen LogP contribution in [-0.2, 0) is 11.2 Å². The fraction of sp³-hybridized carbons (Fsp3) is 0.133. The number of benzene rings is 2. The van der Waals surface area contributed by atoms with Crippen LogP contribution in [0.4, 0.5) is 0 Å². The molecule has 1 atom stereocenters. The molecule has 0 unspecified atom stereocenters. The van der Waals surface area contributed by atoms with Gasteiger partial charge in [-0.15, -0.1) is 0 Å². The van der Waals surface area contributed by atoms with Crippen LogP contribution in [-0.4, -0.2) is 50.6 Å². The Bertz CT molecular complexity index is 682. The SMILES string of the molecule is O=C(O)[C@](I)(Cc1ccc(Oc2ccc(O)cc2)cc1)N(I)I.[Na]. The van der Waals surface area contributed by atoms with E-state index in [1.54, 1.807) is 37.7 Å². The fourth-order valence-corrected chi connectivity index (χ4v) is 3.00. The summed E-state index contributed by atoms with van der Waals surface area (Å²) in [5.74, 6) is 0.567. The van der Waals surface area contributed by atoms with Crippen LogP contribution in [0.2, 0.25) is 0 Å².